The fraction of sp³-hybridized carbons (Fsp3) is 0.811. The number of nitrogens with zero attached hydrogens (tertiary/aromatic N) is 1. The summed E-state index contributed by atoms with van der Waals surface area (Å²) in [6.07, 6.45) is 2.24. The number of unbranched alkanes of at least 4 members (excludes halogenated alkanes) is 1. The van der Waals surface area contributed by atoms with E-state index in [-0.39, 0.29) is 12.6 Å². The lowest BCUT2D eigenvalue weighted by molar-refractivity contribution is -0.0281. The zero-order valence-corrected chi connectivity index (χ0v) is 32.2. The molecule has 1 rings (SSSR count). The van der Waals surface area contributed by atoms with Crippen LogP contribution in [0, 0.1) is 0 Å². The van der Waals surface area contributed by atoms with Crippen LogP contribution in [-0.2, 0) is 56.8 Å². The molecule has 15 nitrogen and oxygen atoms in total. The fourth-order valence-electron chi connectivity index (χ4n) is 3.96. The van der Waals surface area contributed by atoms with E-state index in [1.165, 1.54) is 0 Å². The maximum Gasteiger partial charge on any atom is 0.338 e. The number of likely N-dealkylation sites (N-methyl/N-ethyl adjacent to an activating group) is 1. The molecule has 0 bridgehead atoms. The molecule has 0 heterocycles. The third-order valence-corrected chi connectivity index (χ3v) is 6.84. The molecule has 304 valence electrons. The quantitative estimate of drug-likeness (QED) is 0.0774. The Bertz CT molecular complexity index is 884. The van der Waals surface area contributed by atoms with Crippen LogP contribution >= 0.6 is 0 Å². The van der Waals surface area contributed by atoms with E-state index in [1.54, 1.807) is 12.1 Å². The number of ether oxygens (including phenoxy) is 12. The summed E-state index contributed by atoms with van der Waals surface area (Å²) in [6.45, 7) is 15.3. The molecule has 0 amide bonds. The summed E-state index contributed by atoms with van der Waals surface area (Å²) in [5.74, 6) is -0.361. The van der Waals surface area contributed by atoms with Gasteiger partial charge < -0.3 is 67.1 Å². The van der Waals surface area contributed by atoms with E-state index < -0.39 is 0 Å². The minimum atomic E-state index is -0.361. The molecule has 0 aliphatic rings. The maximum atomic E-state index is 12.1. The summed E-state index contributed by atoms with van der Waals surface area (Å²) < 4.78 is 65.5. The standard InChI is InChI=1S/C37H68N2O13/c1-4-5-10-38-36-8-6-35(7-9-36)37(40)52-34-33-51-32-31-50-30-29-49-28-27-48-26-25-47-24-23-46-22-21-45-20-19-44-18-17-43-16-15-42-14-13-41-12-11-39(2)3/h6-9,38H,4-5,10-34H2,1-3H3. The predicted octanol–water partition coefficient (Wildman–Crippen LogP) is 2.80. The van der Waals surface area contributed by atoms with Gasteiger partial charge in [0.15, 0.2) is 0 Å². The Labute approximate surface area is 312 Å². The third-order valence-electron chi connectivity index (χ3n) is 6.84. The first-order valence-electron chi connectivity index (χ1n) is 18.6. The monoisotopic (exact) mass is 748 g/mol. The van der Waals surface area contributed by atoms with Gasteiger partial charge in [-0.2, -0.15) is 0 Å². The van der Waals surface area contributed by atoms with Gasteiger partial charge in [0.05, 0.1) is 151 Å². The molecule has 1 N–H and O–H groups in total. The molecule has 52 heavy (non-hydrogen) atoms. The Kier molecular flexibility index (Phi) is 35.8. The lowest BCUT2D eigenvalue weighted by Gasteiger charge is -2.10. The highest BCUT2D eigenvalue weighted by Crippen LogP contribution is 2.11. The van der Waals surface area contributed by atoms with Crippen LogP contribution in [0.1, 0.15) is 30.1 Å². The Morgan fingerprint density at radius 2 is 0.788 bits per heavy atom. The molecule has 0 radical (unpaired) electrons. The van der Waals surface area contributed by atoms with E-state index in [9.17, 15) is 4.79 Å². The molecule has 1 aromatic carbocycles. The SMILES string of the molecule is CCCCNc1ccc(C(=O)OCCOCCOCCOCCOCCOCCOCCOCCOCCOCCOCCOCCN(C)C)cc1. The van der Waals surface area contributed by atoms with Gasteiger partial charge in [0.1, 0.15) is 6.61 Å². The Balaban J connectivity index is 1.68. The van der Waals surface area contributed by atoms with Crippen molar-refractivity contribution < 1.29 is 61.6 Å². The first-order valence-corrected chi connectivity index (χ1v) is 18.6. The number of nitrogens with one attached hydrogen (secondary N) is 1. The van der Waals surface area contributed by atoms with Gasteiger partial charge in [-0.3, -0.25) is 0 Å². The van der Waals surface area contributed by atoms with Crippen LogP contribution in [0.25, 0.3) is 0 Å². The third kappa shape index (κ3) is 33.8. The van der Waals surface area contributed by atoms with E-state index in [0.29, 0.717) is 151 Å². The number of carbonyl (C=O) groups excluding carboxylic acids is 1. The van der Waals surface area contributed by atoms with Crippen molar-refractivity contribution in [2.24, 2.45) is 0 Å². The summed E-state index contributed by atoms with van der Waals surface area (Å²) in [4.78, 5) is 14.2. The van der Waals surface area contributed by atoms with Crippen LogP contribution in [-0.4, -0.2) is 190 Å². The normalized spacial score (nSPS) is 11.5. The molecule has 0 atom stereocenters. The number of carbonyl (C=O) groups is 1. The van der Waals surface area contributed by atoms with Gasteiger partial charge in [0.2, 0.25) is 0 Å². The van der Waals surface area contributed by atoms with Gasteiger partial charge in [-0.25, -0.2) is 4.79 Å². The number of hydrogen-bond donors (Lipinski definition) is 1. The Morgan fingerprint density at radius 1 is 0.481 bits per heavy atom. The first kappa shape index (κ1) is 48.0. The van der Waals surface area contributed by atoms with Crippen molar-refractivity contribution in [2.45, 2.75) is 19.8 Å². The Morgan fingerprint density at radius 3 is 1.10 bits per heavy atom. The molecular weight excluding hydrogens is 680 g/mol. The smallest absolute Gasteiger partial charge is 0.338 e. The lowest BCUT2D eigenvalue weighted by atomic mass is 10.2. The number of hydrogen-bond acceptors (Lipinski definition) is 15. The van der Waals surface area contributed by atoms with Gasteiger partial charge in [-0.05, 0) is 44.8 Å². The van der Waals surface area contributed by atoms with Gasteiger partial charge in [-0.15, -0.1) is 0 Å². The van der Waals surface area contributed by atoms with Crippen LogP contribution in [0.4, 0.5) is 5.69 Å². The molecular formula is C37H68N2O13. The van der Waals surface area contributed by atoms with Crippen LogP contribution in [0.3, 0.4) is 0 Å². The molecule has 0 saturated heterocycles. The molecule has 0 saturated carbocycles. The second-order valence-corrected chi connectivity index (χ2v) is 11.5. The highest BCUT2D eigenvalue weighted by atomic mass is 16.6. The summed E-state index contributed by atoms with van der Waals surface area (Å²) >= 11 is 0. The molecule has 0 fully saturated rings. The van der Waals surface area contributed by atoms with E-state index in [2.05, 4.69) is 17.1 Å². The fourth-order valence-corrected chi connectivity index (χ4v) is 3.96. The predicted molar refractivity (Wildman–Crippen MR) is 198 cm³/mol. The van der Waals surface area contributed by atoms with Crippen molar-refractivity contribution in [3.63, 3.8) is 0 Å². The number of esters is 1. The molecule has 15 heteroatoms. The summed E-state index contributed by atoms with van der Waals surface area (Å²) in [5.41, 5.74) is 1.51. The summed E-state index contributed by atoms with van der Waals surface area (Å²) in [7, 11) is 4.04. The second-order valence-electron chi connectivity index (χ2n) is 11.5. The molecule has 0 spiro atoms. The molecule has 1 aromatic rings. The van der Waals surface area contributed by atoms with E-state index in [4.69, 9.17) is 56.8 Å². The minimum Gasteiger partial charge on any atom is -0.460 e. The second kappa shape index (κ2) is 38.7. The van der Waals surface area contributed by atoms with E-state index in [1.807, 2.05) is 26.2 Å². The van der Waals surface area contributed by atoms with E-state index in [0.717, 1.165) is 31.6 Å². The van der Waals surface area contributed by atoms with Gasteiger partial charge in [0.25, 0.3) is 0 Å². The van der Waals surface area contributed by atoms with Crippen molar-refractivity contribution in [1.82, 2.24) is 4.90 Å². The van der Waals surface area contributed by atoms with Crippen molar-refractivity contribution in [1.29, 1.82) is 0 Å². The summed E-state index contributed by atoms with van der Waals surface area (Å²) in [6, 6.07) is 7.29. The summed E-state index contributed by atoms with van der Waals surface area (Å²) in [5, 5.41) is 3.32. The number of rotatable bonds is 41. The highest BCUT2D eigenvalue weighted by Gasteiger charge is 2.07. The molecule has 0 aliphatic heterocycles. The zero-order valence-electron chi connectivity index (χ0n) is 32.2. The first-order chi connectivity index (χ1) is 25.6. The van der Waals surface area contributed by atoms with E-state index >= 15 is 0 Å². The van der Waals surface area contributed by atoms with Gasteiger partial charge >= 0.3 is 5.97 Å². The molecule has 0 aliphatic carbocycles. The highest BCUT2D eigenvalue weighted by molar-refractivity contribution is 5.89. The van der Waals surface area contributed by atoms with Crippen molar-refractivity contribution in [3.05, 3.63) is 29.8 Å². The zero-order chi connectivity index (χ0) is 37.4. The average molecular weight is 749 g/mol. The minimum absolute atomic E-state index is 0.190. The van der Waals surface area contributed by atoms with Crippen LogP contribution in [0.15, 0.2) is 24.3 Å². The van der Waals surface area contributed by atoms with Crippen molar-refractivity contribution in [2.75, 3.05) is 184 Å². The number of benzene rings is 1. The van der Waals surface area contributed by atoms with Crippen molar-refractivity contribution >= 4 is 11.7 Å². The van der Waals surface area contributed by atoms with Gasteiger partial charge in [0, 0.05) is 18.8 Å². The Hall–Kier alpha value is -1.99. The number of anilines is 1. The largest absolute Gasteiger partial charge is 0.460 e. The van der Waals surface area contributed by atoms with Crippen LogP contribution in [0.5, 0.6) is 0 Å². The van der Waals surface area contributed by atoms with Gasteiger partial charge in [-0.1, -0.05) is 13.3 Å². The maximum absolute atomic E-state index is 12.1. The van der Waals surface area contributed by atoms with Crippen LogP contribution < -0.4 is 5.32 Å². The molecule has 0 aromatic heterocycles. The van der Waals surface area contributed by atoms with Crippen molar-refractivity contribution in [3.8, 4) is 0 Å². The lowest BCUT2D eigenvalue weighted by Crippen LogP contribution is -2.19. The average Bonchev–Trinajstić information content (AvgIpc) is 3.14. The molecule has 0 unspecified atom stereocenters. The topological polar surface area (TPSA) is 143 Å². The van der Waals surface area contributed by atoms with Crippen LogP contribution in [0.2, 0.25) is 0 Å².